The van der Waals surface area contributed by atoms with E-state index in [1.807, 2.05) is 0 Å². The molecule has 2 fully saturated rings. The number of rotatable bonds is 4. The van der Waals surface area contributed by atoms with E-state index in [1.54, 1.807) is 12.1 Å². The minimum absolute atomic E-state index is 0.0347. The van der Waals surface area contributed by atoms with Crippen molar-refractivity contribution >= 4 is 10.0 Å². The van der Waals surface area contributed by atoms with E-state index < -0.39 is 27.9 Å². The zero-order valence-electron chi connectivity index (χ0n) is 13.0. The largest absolute Gasteiger partial charge is 0.380 e. The summed E-state index contributed by atoms with van der Waals surface area (Å²) in [5.41, 5.74) is 0.262. The van der Waals surface area contributed by atoms with Gasteiger partial charge in [-0.15, -0.1) is 0 Å². The lowest BCUT2D eigenvalue weighted by molar-refractivity contribution is 0.0617. The van der Waals surface area contributed by atoms with Crippen LogP contribution in [0, 0.1) is 11.3 Å². The monoisotopic (exact) mass is 356 g/mol. The minimum atomic E-state index is -4.04. The molecule has 0 aromatic heterocycles. The standard InChI is InChI=1S/C16H18F2N2O3S/c17-15(18)14-5-9-23-10-8-20(14)24(21,22)13-3-1-12(2-4-13)16(11-19)6-7-16/h1-4,14-15H,5-10H2. The summed E-state index contributed by atoms with van der Waals surface area (Å²) in [7, 11) is -4.04. The van der Waals surface area contributed by atoms with Crippen LogP contribution in [0.3, 0.4) is 0 Å². The van der Waals surface area contributed by atoms with Crippen LogP contribution in [0.1, 0.15) is 24.8 Å². The van der Waals surface area contributed by atoms with Crippen molar-refractivity contribution in [2.24, 2.45) is 0 Å². The average molecular weight is 356 g/mol. The van der Waals surface area contributed by atoms with Gasteiger partial charge in [0.05, 0.1) is 29.0 Å². The zero-order chi connectivity index (χ0) is 17.4. The van der Waals surface area contributed by atoms with Crippen molar-refractivity contribution in [3.05, 3.63) is 29.8 Å². The van der Waals surface area contributed by atoms with Crippen LogP contribution in [0.5, 0.6) is 0 Å². The topological polar surface area (TPSA) is 70.4 Å². The number of hydrogen-bond donors (Lipinski definition) is 0. The first-order valence-electron chi connectivity index (χ1n) is 7.80. The summed E-state index contributed by atoms with van der Waals surface area (Å²) in [6.07, 6.45) is -1.29. The first kappa shape index (κ1) is 17.3. The van der Waals surface area contributed by atoms with Crippen molar-refractivity contribution in [1.29, 1.82) is 5.26 Å². The van der Waals surface area contributed by atoms with Gasteiger partial charge in [-0.3, -0.25) is 0 Å². The van der Waals surface area contributed by atoms with Crippen molar-refractivity contribution in [2.45, 2.75) is 42.0 Å². The summed E-state index contributed by atoms with van der Waals surface area (Å²) < 4.78 is 58.1. The molecule has 5 nitrogen and oxygen atoms in total. The molecule has 1 saturated carbocycles. The van der Waals surface area contributed by atoms with Gasteiger partial charge in [0.1, 0.15) is 0 Å². The lowest BCUT2D eigenvalue weighted by atomic mass is 9.98. The Kier molecular flexibility index (Phi) is 4.60. The molecule has 0 bridgehead atoms. The first-order valence-corrected chi connectivity index (χ1v) is 9.24. The van der Waals surface area contributed by atoms with Gasteiger partial charge < -0.3 is 4.74 Å². The Bertz CT molecular complexity index is 740. The number of halogens is 2. The summed E-state index contributed by atoms with van der Waals surface area (Å²) >= 11 is 0. The Morgan fingerprint density at radius 2 is 1.92 bits per heavy atom. The van der Waals surface area contributed by atoms with Crippen LogP contribution in [0.4, 0.5) is 8.78 Å². The predicted molar refractivity (Wildman–Crippen MR) is 82.1 cm³/mol. The molecule has 1 aliphatic heterocycles. The fraction of sp³-hybridized carbons (Fsp3) is 0.562. The van der Waals surface area contributed by atoms with Crippen molar-refractivity contribution in [2.75, 3.05) is 19.8 Å². The molecule has 0 spiro atoms. The molecule has 24 heavy (non-hydrogen) atoms. The molecule has 1 atom stereocenters. The molecule has 1 saturated heterocycles. The summed E-state index contributed by atoms with van der Waals surface area (Å²) in [4.78, 5) is -0.0347. The van der Waals surface area contributed by atoms with Crippen molar-refractivity contribution in [3.8, 4) is 6.07 Å². The molecular weight excluding hydrogens is 338 g/mol. The fourth-order valence-corrected chi connectivity index (χ4v) is 4.61. The molecule has 0 N–H and O–H groups in total. The quantitative estimate of drug-likeness (QED) is 0.830. The number of sulfonamides is 1. The molecule has 3 rings (SSSR count). The maximum Gasteiger partial charge on any atom is 0.255 e. The second-order valence-corrected chi connectivity index (χ2v) is 8.03. The normalized spacial score (nSPS) is 24.3. The van der Waals surface area contributed by atoms with Gasteiger partial charge in [0.2, 0.25) is 10.0 Å². The van der Waals surface area contributed by atoms with E-state index in [0.717, 1.165) is 22.7 Å². The molecule has 2 aliphatic rings. The first-order chi connectivity index (χ1) is 11.4. The van der Waals surface area contributed by atoms with Crippen LogP contribution >= 0.6 is 0 Å². The van der Waals surface area contributed by atoms with Gasteiger partial charge in [0, 0.05) is 13.2 Å². The van der Waals surface area contributed by atoms with E-state index in [2.05, 4.69) is 6.07 Å². The third-order valence-corrected chi connectivity index (χ3v) is 6.59. The summed E-state index contributed by atoms with van der Waals surface area (Å²) in [5.74, 6) is 0. The Morgan fingerprint density at radius 3 is 2.46 bits per heavy atom. The van der Waals surface area contributed by atoms with Crippen LogP contribution in [-0.4, -0.2) is 44.9 Å². The molecule has 1 unspecified atom stereocenters. The summed E-state index contributed by atoms with van der Waals surface area (Å²) in [6.45, 7) is 0.115. The molecule has 1 aliphatic carbocycles. The number of alkyl halides is 2. The minimum Gasteiger partial charge on any atom is -0.380 e. The van der Waals surface area contributed by atoms with Gasteiger partial charge in [-0.2, -0.15) is 9.57 Å². The van der Waals surface area contributed by atoms with Gasteiger partial charge in [0.15, 0.2) is 0 Å². The smallest absolute Gasteiger partial charge is 0.255 e. The van der Waals surface area contributed by atoms with Gasteiger partial charge >= 0.3 is 0 Å². The number of nitrogens with zero attached hydrogens (tertiary/aromatic N) is 2. The van der Waals surface area contributed by atoms with Crippen LogP contribution < -0.4 is 0 Å². The van der Waals surface area contributed by atoms with Crippen LogP contribution in [0.2, 0.25) is 0 Å². The Labute approximate surface area is 139 Å². The van der Waals surface area contributed by atoms with E-state index in [4.69, 9.17) is 4.74 Å². The molecular formula is C16H18F2N2O3S. The highest BCUT2D eigenvalue weighted by Crippen LogP contribution is 2.47. The second-order valence-electron chi connectivity index (χ2n) is 6.14. The third-order valence-electron chi connectivity index (χ3n) is 4.65. The Morgan fingerprint density at radius 1 is 1.25 bits per heavy atom. The maximum atomic E-state index is 13.3. The van der Waals surface area contributed by atoms with E-state index in [1.165, 1.54) is 12.1 Å². The molecule has 1 aromatic carbocycles. The zero-order valence-corrected chi connectivity index (χ0v) is 13.8. The number of ether oxygens (including phenoxy) is 1. The SMILES string of the molecule is N#CC1(c2ccc(S(=O)(=O)N3CCOCCC3C(F)F)cc2)CC1. The van der Waals surface area contributed by atoms with Crippen LogP contribution in [-0.2, 0) is 20.2 Å². The number of benzene rings is 1. The molecule has 0 radical (unpaired) electrons. The lowest BCUT2D eigenvalue weighted by Gasteiger charge is -2.27. The molecule has 8 heteroatoms. The van der Waals surface area contributed by atoms with Gasteiger partial charge in [-0.25, -0.2) is 17.2 Å². The van der Waals surface area contributed by atoms with E-state index in [0.29, 0.717) is 0 Å². The Balaban J connectivity index is 1.90. The highest BCUT2D eigenvalue weighted by Gasteiger charge is 2.45. The highest BCUT2D eigenvalue weighted by atomic mass is 32.2. The number of nitriles is 1. The molecule has 0 amide bonds. The fourth-order valence-electron chi connectivity index (χ4n) is 2.99. The van der Waals surface area contributed by atoms with Gasteiger partial charge in [-0.05, 0) is 37.0 Å². The number of hydrogen-bond acceptors (Lipinski definition) is 4. The van der Waals surface area contributed by atoms with Crippen LogP contribution in [0.25, 0.3) is 0 Å². The van der Waals surface area contributed by atoms with Crippen molar-refractivity contribution < 1.29 is 21.9 Å². The van der Waals surface area contributed by atoms with Gasteiger partial charge in [-0.1, -0.05) is 12.1 Å². The third kappa shape index (κ3) is 3.04. The molecule has 130 valence electrons. The summed E-state index contributed by atoms with van der Waals surface area (Å²) in [5, 5.41) is 9.20. The van der Waals surface area contributed by atoms with Crippen LogP contribution in [0.15, 0.2) is 29.2 Å². The summed E-state index contributed by atoms with van der Waals surface area (Å²) in [6, 6.07) is 6.87. The predicted octanol–water partition coefficient (Wildman–Crippen LogP) is 2.29. The average Bonchev–Trinajstić information content (AvgIpc) is 3.38. The molecule has 1 heterocycles. The van der Waals surface area contributed by atoms with Crippen molar-refractivity contribution in [1.82, 2.24) is 4.31 Å². The highest BCUT2D eigenvalue weighted by molar-refractivity contribution is 7.89. The maximum absolute atomic E-state index is 13.3. The second kappa shape index (κ2) is 6.39. The van der Waals surface area contributed by atoms with Gasteiger partial charge in [0.25, 0.3) is 6.43 Å². The van der Waals surface area contributed by atoms with Crippen molar-refractivity contribution in [3.63, 3.8) is 0 Å². The Hall–Kier alpha value is -1.56. The lowest BCUT2D eigenvalue weighted by Crippen LogP contribution is -2.44. The van der Waals surface area contributed by atoms with E-state index in [9.17, 15) is 22.5 Å². The molecule has 1 aromatic rings. The van der Waals surface area contributed by atoms with E-state index >= 15 is 0 Å². The van der Waals surface area contributed by atoms with E-state index in [-0.39, 0.29) is 31.1 Å².